The lowest BCUT2D eigenvalue weighted by molar-refractivity contribution is -0.132. The molecule has 0 bridgehead atoms. The molecule has 0 N–H and O–H groups in total. The van der Waals surface area contributed by atoms with Gasteiger partial charge in [-0.25, -0.2) is 0 Å². The van der Waals surface area contributed by atoms with Gasteiger partial charge in [-0.15, -0.1) is 0 Å². The van der Waals surface area contributed by atoms with Crippen LogP contribution in [0.2, 0.25) is 0 Å². The fraction of sp³-hybridized carbons (Fsp3) is 0.333. The highest BCUT2D eigenvalue weighted by Crippen LogP contribution is 2.10. The van der Waals surface area contributed by atoms with Crippen LogP contribution in [-0.4, -0.2) is 36.9 Å². The first-order valence-electron chi connectivity index (χ1n) is 7.58. The number of methoxy groups -OCH3 is 1. The number of Topliss-reactive ketones (excluding diaryl/α,β-unsaturated/α-hetero) is 1. The summed E-state index contributed by atoms with van der Waals surface area (Å²) in [6, 6.07) is 12.6. The van der Waals surface area contributed by atoms with Crippen molar-refractivity contribution < 1.29 is 18.7 Å². The third kappa shape index (κ3) is 5.38. The number of carbonyl (C=O) groups is 2. The van der Waals surface area contributed by atoms with E-state index in [0.29, 0.717) is 31.0 Å². The minimum Gasteiger partial charge on any atom is -0.467 e. The summed E-state index contributed by atoms with van der Waals surface area (Å²) < 4.78 is 10.3. The summed E-state index contributed by atoms with van der Waals surface area (Å²) in [5.41, 5.74) is 0.634. The van der Waals surface area contributed by atoms with E-state index in [-0.39, 0.29) is 24.5 Å². The first-order chi connectivity index (χ1) is 11.2. The number of nitrogens with zero attached hydrogens (tertiary/aromatic N) is 1. The van der Waals surface area contributed by atoms with Crippen LogP contribution in [0.4, 0.5) is 0 Å². The van der Waals surface area contributed by atoms with Crippen molar-refractivity contribution in [3.63, 3.8) is 0 Å². The fourth-order valence-corrected chi connectivity index (χ4v) is 2.23. The van der Waals surface area contributed by atoms with Crippen molar-refractivity contribution in [1.82, 2.24) is 4.90 Å². The zero-order valence-corrected chi connectivity index (χ0v) is 13.2. The highest BCUT2D eigenvalue weighted by atomic mass is 16.5. The van der Waals surface area contributed by atoms with E-state index in [0.717, 1.165) is 0 Å². The molecule has 1 amide bonds. The second kappa shape index (κ2) is 8.90. The van der Waals surface area contributed by atoms with Crippen molar-refractivity contribution in [3.8, 4) is 0 Å². The van der Waals surface area contributed by atoms with Crippen molar-refractivity contribution in [2.24, 2.45) is 0 Å². The lowest BCUT2D eigenvalue weighted by Crippen LogP contribution is -2.33. The summed E-state index contributed by atoms with van der Waals surface area (Å²) in [6.45, 7) is 1.30. The first kappa shape index (κ1) is 17.0. The van der Waals surface area contributed by atoms with E-state index in [1.54, 1.807) is 36.5 Å². The van der Waals surface area contributed by atoms with Gasteiger partial charge in [0.15, 0.2) is 5.78 Å². The normalized spacial score (nSPS) is 10.5. The van der Waals surface area contributed by atoms with Crippen molar-refractivity contribution in [2.45, 2.75) is 19.4 Å². The highest BCUT2D eigenvalue weighted by Gasteiger charge is 2.17. The maximum Gasteiger partial charge on any atom is 0.223 e. The molecule has 5 heteroatoms. The van der Waals surface area contributed by atoms with Gasteiger partial charge in [0.05, 0.1) is 19.4 Å². The number of carbonyl (C=O) groups excluding carboxylic acids is 2. The molecule has 0 unspecified atom stereocenters. The summed E-state index contributed by atoms with van der Waals surface area (Å²) in [5, 5.41) is 0. The average molecular weight is 315 g/mol. The van der Waals surface area contributed by atoms with E-state index < -0.39 is 0 Å². The molecule has 0 atom stereocenters. The van der Waals surface area contributed by atoms with Gasteiger partial charge in [-0.3, -0.25) is 9.59 Å². The number of ketones is 1. The smallest absolute Gasteiger partial charge is 0.223 e. The van der Waals surface area contributed by atoms with Crippen LogP contribution in [0.5, 0.6) is 0 Å². The number of furan rings is 1. The van der Waals surface area contributed by atoms with Gasteiger partial charge < -0.3 is 14.1 Å². The number of ether oxygens (including phenoxy) is 1. The van der Waals surface area contributed by atoms with Gasteiger partial charge in [0.2, 0.25) is 5.91 Å². The van der Waals surface area contributed by atoms with Crippen LogP contribution < -0.4 is 0 Å². The largest absolute Gasteiger partial charge is 0.467 e. The van der Waals surface area contributed by atoms with Crippen molar-refractivity contribution in [1.29, 1.82) is 0 Å². The minimum atomic E-state index is -0.0808. The Bertz CT molecular complexity index is 607. The molecule has 0 aliphatic rings. The Balaban J connectivity index is 1.90. The zero-order valence-electron chi connectivity index (χ0n) is 13.2. The lowest BCUT2D eigenvalue weighted by atomic mass is 10.1. The Morgan fingerprint density at radius 3 is 2.52 bits per heavy atom. The molecule has 1 aromatic carbocycles. The highest BCUT2D eigenvalue weighted by molar-refractivity contribution is 5.97. The van der Waals surface area contributed by atoms with Crippen molar-refractivity contribution in [3.05, 3.63) is 60.1 Å². The Morgan fingerprint density at radius 2 is 1.87 bits per heavy atom. The molecule has 0 spiro atoms. The molecular weight excluding hydrogens is 294 g/mol. The van der Waals surface area contributed by atoms with E-state index in [9.17, 15) is 9.59 Å². The molecule has 0 saturated carbocycles. The molecule has 0 radical (unpaired) electrons. The van der Waals surface area contributed by atoms with E-state index >= 15 is 0 Å². The van der Waals surface area contributed by atoms with Gasteiger partial charge in [-0.05, 0) is 12.1 Å². The molecule has 0 aliphatic carbocycles. The van der Waals surface area contributed by atoms with Gasteiger partial charge in [0, 0.05) is 32.1 Å². The number of hydrogen-bond donors (Lipinski definition) is 0. The summed E-state index contributed by atoms with van der Waals surface area (Å²) in [5.74, 6) is 0.607. The van der Waals surface area contributed by atoms with Crippen LogP contribution in [0.3, 0.4) is 0 Å². The Morgan fingerprint density at radius 1 is 1.09 bits per heavy atom. The van der Waals surface area contributed by atoms with Gasteiger partial charge in [-0.1, -0.05) is 30.3 Å². The Labute approximate surface area is 135 Å². The van der Waals surface area contributed by atoms with E-state index in [1.165, 1.54) is 0 Å². The number of rotatable bonds is 9. The van der Waals surface area contributed by atoms with Crippen LogP contribution in [0.15, 0.2) is 53.1 Å². The molecular formula is C18H21NO4. The molecule has 23 heavy (non-hydrogen) atoms. The number of benzene rings is 1. The number of amides is 1. The molecule has 2 aromatic rings. The molecule has 2 rings (SSSR count). The molecule has 5 nitrogen and oxygen atoms in total. The first-order valence-corrected chi connectivity index (χ1v) is 7.58. The molecule has 122 valence electrons. The molecule has 1 aromatic heterocycles. The third-order valence-corrected chi connectivity index (χ3v) is 3.51. The molecule has 0 aliphatic heterocycles. The Kier molecular flexibility index (Phi) is 6.56. The van der Waals surface area contributed by atoms with E-state index in [4.69, 9.17) is 9.15 Å². The van der Waals surface area contributed by atoms with Gasteiger partial charge in [-0.2, -0.15) is 0 Å². The maximum atomic E-state index is 12.4. The predicted octanol–water partition coefficient (Wildman–Crippen LogP) is 2.92. The number of hydrogen-bond acceptors (Lipinski definition) is 4. The van der Waals surface area contributed by atoms with Gasteiger partial charge in [0.25, 0.3) is 0 Å². The van der Waals surface area contributed by atoms with Gasteiger partial charge in [0.1, 0.15) is 5.76 Å². The Hall–Kier alpha value is -2.40. The zero-order chi connectivity index (χ0) is 16.5. The maximum absolute atomic E-state index is 12.4. The molecule has 0 fully saturated rings. The lowest BCUT2D eigenvalue weighted by Gasteiger charge is -2.21. The van der Waals surface area contributed by atoms with Crippen LogP contribution >= 0.6 is 0 Å². The van der Waals surface area contributed by atoms with Crippen molar-refractivity contribution >= 4 is 11.7 Å². The SMILES string of the molecule is COCCN(Cc1ccco1)C(=O)CCC(=O)c1ccccc1. The summed E-state index contributed by atoms with van der Waals surface area (Å²) in [7, 11) is 1.59. The topological polar surface area (TPSA) is 59.8 Å². The van der Waals surface area contributed by atoms with Crippen LogP contribution in [0.25, 0.3) is 0 Å². The van der Waals surface area contributed by atoms with Crippen molar-refractivity contribution in [2.75, 3.05) is 20.3 Å². The summed E-state index contributed by atoms with van der Waals surface area (Å²) in [4.78, 5) is 26.1. The second-order valence-electron chi connectivity index (χ2n) is 5.18. The molecule has 1 heterocycles. The summed E-state index contributed by atoms with van der Waals surface area (Å²) >= 11 is 0. The second-order valence-corrected chi connectivity index (χ2v) is 5.18. The third-order valence-electron chi connectivity index (χ3n) is 3.51. The van der Waals surface area contributed by atoms with E-state index in [2.05, 4.69) is 0 Å². The standard InChI is InChI=1S/C18H21NO4/c1-22-13-11-19(14-16-8-5-12-23-16)18(21)10-9-17(20)15-6-3-2-4-7-15/h2-8,12H,9-11,13-14H2,1H3. The van der Waals surface area contributed by atoms with Crippen LogP contribution in [-0.2, 0) is 16.1 Å². The van der Waals surface area contributed by atoms with E-state index in [1.807, 2.05) is 24.3 Å². The van der Waals surface area contributed by atoms with Crippen LogP contribution in [0, 0.1) is 0 Å². The van der Waals surface area contributed by atoms with Gasteiger partial charge >= 0.3 is 0 Å². The average Bonchev–Trinajstić information content (AvgIpc) is 3.10. The quantitative estimate of drug-likeness (QED) is 0.668. The fourth-order valence-electron chi connectivity index (χ4n) is 2.23. The molecule has 0 saturated heterocycles. The predicted molar refractivity (Wildman–Crippen MR) is 86.0 cm³/mol. The minimum absolute atomic E-state index is 0.0244. The van der Waals surface area contributed by atoms with Crippen LogP contribution in [0.1, 0.15) is 29.0 Å². The summed E-state index contributed by atoms with van der Waals surface area (Å²) in [6.07, 6.45) is 1.95. The monoisotopic (exact) mass is 315 g/mol.